The Balaban J connectivity index is 1.62. The van der Waals surface area contributed by atoms with Gasteiger partial charge in [-0.3, -0.25) is 4.68 Å². The number of anilines is 1. The normalized spacial score (nSPS) is 19.1. The van der Waals surface area contributed by atoms with Gasteiger partial charge in [-0.1, -0.05) is 11.6 Å². The quantitative estimate of drug-likeness (QED) is 0.864. The Labute approximate surface area is 118 Å². The molecule has 1 atom stereocenters. The van der Waals surface area contributed by atoms with Crippen LogP contribution < -0.4 is 4.90 Å². The second-order valence-corrected chi connectivity index (χ2v) is 5.60. The first-order valence-corrected chi connectivity index (χ1v) is 6.92. The molecule has 3 heterocycles. The number of rotatable bonds is 3. The first-order chi connectivity index (χ1) is 9.20. The molecule has 0 aliphatic carbocycles. The highest BCUT2D eigenvalue weighted by Crippen LogP contribution is 2.25. The number of hydrogen-bond donors (Lipinski definition) is 0. The van der Waals surface area contributed by atoms with Gasteiger partial charge in [0, 0.05) is 32.5 Å². The van der Waals surface area contributed by atoms with Gasteiger partial charge >= 0.3 is 0 Å². The van der Waals surface area contributed by atoms with Crippen LogP contribution in [0.1, 0.15) is 12.0 Å². The number of aromatic nitrogens is 3. The minimum absolute atomic E-state index is 0.682. The molecular weight excluding hydrogens is 260 g/mol. The molecule has 0 radical (unpaired) electrons. The summed E-state index contributed by atoms with van der Waals surface area (Å²) in [5, 5.41) is 4.91. The van der Waals surface area contributed by atoms with E-state index in [1.165, 1.54) is 12.0 Å². The highest BCUT2D eigenvalue weighted by Gasteiger charge is 2.23. The summed E-state index contributed by atoms with van der Waals surface area (Å²) in [5.41, 5.74) is 1.32. The fourth-order valence-electron chi connectivity index (χ4n) is 2.67. The number of hydrogen-bond acceptors (Lipinski definition) is 3. The Morgan fingerprint density at radius 1 is 1.37 bits per heavy atom. The fourth-order valence-corrected chi connectivity index (χ4v) is 2.78. The maximum absolute atomic E-state index is 5.87. The number of halogens is 1. The molecule has 1 aliphatic rings. The molecule has 2 aromatic heterocycles. The monoisotopic (exact) mass is 276 g/mol. The number of nitrogens with zero attached hydrogens (tertiary/aromatic N) is 4. The van der Waals surface area contributed by atoms with Gasteiger partial charge < -0.3 is 4.90 Å². The minimum atomic E-state index is 0.682. The summed E-state index contributed by atoms with van der Waals surface area (Å²) in [6.45, 7) is 2.13. The molecule has 3 rings (SSSR count). The lowest BCUT2D eigenvalue weighted by atomic mass is 10.0. The van der Waals surface area contributed by atoms with Crippen LogP contribution in [-0.4, -0.2) is 27.9 Å². The Morgan fingerprint density at radius 2 is 2.26 bits per heavy atom. The molecule has 0 spiro atoms. The second kappa shape index (κ2) is 5.21. The Morgan fingerprint density at radius 3 is 2.95 bits per heavy atom. The van der Waals surface area contributed by atoms with Crippen LogP contribution in [0.5, 0.6) is 0 Å². The van der Waals surface area contributed by atoms with Crippen LogP contribution in [-0.2, 0) is 13.5 Å². The Bertz CT molecular complexity index is 549. The van der Waals surface area contributed by atoms with Gasteiger partial charge in [0.1, 0.15) is 5.82 Å². The van der Waals surface area contributed by atoms with E-state index in [0.29, 0.717) is 10.9 Å². The van der Waals surface area contributed by atoms with Crippen molar-refractivity contribution >= 4 is 17.4 Å². The zero-order valence-corrected chi connectivity index (χ0v) is 11.7. The van der Waals surface area contributed by atoms with Crippen molar-refractivity contribution in [3.8, 4) is 0 Å². The zero-order chi connectivity index (χ0) is 13.2. The molecule has 19 heavy (non-hydrogen) atoms. The lowest BCUT2D eigenvalue weighted by Crippen LogP contribution is -2.21. The van der Waals surface area contributed by atoms with Crippen LogP contribution in [0, 0.1) is 5.92 Å². The van der Waals surface area contributed by atoms with E-state index in [4.69, 9.17) is 11.6 Å². The molecule has 5 heteroatoms. The number of aryl methyl sites for hydroxylation is 1. The minimum Gasteiger partial charge on any atom is -0.356 e. The topological polar surface area (TPSA) is 34.0 Å². The van der Waals surface area contributed by atoms with E-state index >= 15 is 0 Å². The summed E-state index contributed by atoms with van der Waals surface area (Å²) in [6, 6.07) is 3.90. The maximum Gasteiger partial charge on any atom is 0.128 e. The first-order valence-electron chi connectivity index (χ1n) is 6.55. The van der Waals surface area contributed by atoms with Gasteiger partial charge in [0.2, 0.25) is 0 Å². The Kier molecular flexibility index (Phi) is 3.42. The molecule has 0 aromatic carbocycles. The smallest absolute Gasteiger partial charge is 0.128 e. The van der Waals surface area contributed by atoms with Crippen LogP contribution in [0.15, 0.2) is 30.7 Å². The molecule has 1 saturated heterocycles. The van der Waals surface area contributed by atoms with Gasteiger partial charge in [0.15, 0.2) is 0 Å². The molecule has 1 aliphatic heterocycles. The molecule has 4 nitrogen and oxygen atoms in total. The first kappa shape index (κ1) is 12.5. The van der Waals surface area contributed by atoms with Gasteiger partial charge in [-0.15, -0.1) is 0 Å². The van der Waals surface area contributed by atoms with Crippen molar-refractivity contribution in [2.45, 2.75) is 12.8 Å². The number of pyridine rings is 1. The average molecular weight is 277 g/mol. The van der Waals surface area contributed by atoms with Crippen LogP contribution in [0.25, 0.3) is 0 Å². The highest BCUT2D eigenvalue weighted by molar-refractivity contribution is 6.30. The van der Waals surface area contributed by atoms with Crippen molar-refractivity contribution in [1.82, 2.24) is 14.8 Å². The standard InChI is InChI=1S/C14H17ClN4/c1-18-9-12(7-17-18)6-11-4-5-19(10-11)14-3-2-13(15)8-16-14/h2-3,7-9,11H,4-6,10H2,1H3. The molecule has 0 bridgehead atoms. The maximum atomic E-state index is 5.87. The van der Waals surface area contributed by atoms with E-state index < -0.39 is 0 Å². The predicted molar refractivity (Wildman–Crippen MR) is 76.5 cm³/mol. The van der Waals surface area contributed by atoms with Gasteiger partial charge in [-0.05, 0) is 36.5 Å². The summed E-state index contributed by atoms with van der Waals surface area (Å²) >= 11 is 5.87. The van der Waals surface area contributed by atoms with E-state index in [0.717, 1.165) is 25.3 Å². The van der Waals surface area contributed by atoms with Crippen LogP contribution in [0.4, 0.5) is 5.82 Å². The van der Waals surface area contributed by atoms with Gasteiger partial charge in [-0.25, -0.2) is 4.98 Å². The van der Waals surface area contributed by atoms with E-state index in [-0.39, 0.29) is 0 Å². The van der Waals surface area contributed by atoms with Crippen molar-refractivity contribution in [3.63, 3.8) is 0 Å². The van der Waals surface area contributed by atoms with E-state index in [1.54, 1.807) is 6.20 Å². The largest absolute Gasteiger partial charge is 0.356 e. The Hall–Kier alpha value is -1.55. The van der Waals surface area contributed by atoms with Crippen molar-refractivity contribution in [2.24, 2.45) is 13.0 Å². The molecule has 100 valence electrons. The summed E-state index contributed by atoms with van der Waals surface area (Å²) in [6.07, 6.45) is 8.08. The van der Waals surface area contributed by atoms with Crippen LogP contribution in [0.3, 0.4) is 0 Å². The van der Waals surface area contributed by atoms with Gasteiger partial charge in [0.25, 0.3) is 0 Å². The lowest BCUT2D eigenvalue weighted by molar-refractivity contribution is 0.586. The molecule has 1 unspecified atom stereocenters. The van der Waals surface area contributed by atoms with Crippen molar-refractivity contribution < 1.29 is 0 Å². The second-order valence-electron chi connectivity index (χ2n) is 5.16. The van der Waals surface area contributed by atoms with E-state index in [9.17, 15) is 0 Å². The third kappa shape index (κ3) is 2.89. The predicted octanol–water partition coefficient (Wildman–Crippen LogP) is 2.54. The summed E-state index contributed by atoms with van der Waals surface area (Å²) in [5.74, 6) is 1.71. The summed E-state index contributed by atoms with van der Waals surface area (Å²) in [4.78, 5) is 6.71. The average Bonchev–Trinajstić information content (AvgIpc) is 3.00. The third-order valence-corrected chi connectivity index (χ3v) is 3.83. The van der Waals surface area contributed by atoms with Gasteiger partial charge in [0.05, 0.1) is 11.2 Å². The lowest BCUT2D eigenvalue weighted by Gasteiger charge is -2.17. The van der Waals surface area contributed by atoms with E-state index in [2.05, 4.69) is 21.2 Å². The van der Waals surface area contributed by atoms with E-state index in [1.807, 2.05) is 30.1 Å². The van der Waals surface area contributed by atoms with Crippen molar-refractivity contribution in [1.29, 1.82) is 0 Å². The zero-order valence-electron chi connectivity index (χ0n) is 11.0. The molecular formula is C14H17ClN4. The highest BCUT2D eigenvalue weighted by atomic mass is 35.5. The van der Waals surface area contributed by atoms with Crippen molar-refractivity contribution in [3.05, 3.63) is 41.3 Å². The summed E-state index contributed by atoms with van der Waals surface area (Å²) in [7, 11) is 1.96. The molecule has 0 N–H and O–H groups in total. The fraction of sp³-hybridized carbons (Fsp3) is 0.429. The summed E-state index contributed by atoms with van der Waals surface area (Å²) < 4.78 is 1.86. The third-order valence-electron chi connectivity index (χ3n) is 3.60. The molecule has 1 fully saturated rings. The molecule has 0 saturated carbocycles. The molecule has 2 aromatic rings. The van der Waals surface area contributed by atoms with Gasteiger partial charge in [-0.2, -0.15) is 5.10 Å². The molecule has 0 amide bonds. The van der Waals surface area contributed by atoms with Crippen molar-refractivity contribution in [2.75, 3.05) is 18.0 Å². The van der Waals surface area contributed by atoms with Crippen LogP contribution >= 0.6 is 11.6 Å². The SMILES string of the molecule is Cn1cc(CC2CCN(c3ccc(Cl)cn3)C2)cn1. The van der Waals surface area contributed by atoms with Crippen LogP contribution in [0.2, 0.25) is 5.02 Å².